The highest BCUT2D eigenvalue weighted by atomic mass is 16.5. The first kappa shape index (κ1) is 20.8. The number of anilines is 2. The number of carbonyl (C=O) groups is 2. The maximum Gasteiger partial charge on any atom is 0.265 e. The van der Waals surface area contributed by atoms with Gasteiger partial charge in [0.25, 0.3) is 5.91 Å². The zero-order valence-electron chi connectivity index (χ0n) is 16.8. The molecule has 0 saturated carbocycles. The summed E-state index contributed by atoms with van der Waals surface area (Å²) < 4.78 is 11.0. The number of benzene rings is 2. The van der Waals surface area contributed by atoms with Gasteiger partial charge in [-0.05, 0) is 50.2 Å². The van der Waals surface area contributed by atoms with Gasteiger partial charge in [0.15, 0.2) is 6.10 Å². The van der Waals surface area contributed by atoms with Crippen molar-refractivity contribution in [2.75, 3.05) is 43.5 Å². The number of hydrogen-bond donors (Lipinski definition) is 2. The van der Waals surface area contributed by atoms with E-state index in [1.807, 2.05) is 31.2 Å². The van der Waals surface area contributed by atoms with Crippen LogP contribution in [0, 0.1) is 6.92 Å². The fraction of sp³-hybridized carbons (Fsp3) is 0.364. The van der Waals surface area contributed by atoms with Crippen molar-refractivity contribution < 1.29 is 19.1 Å². The van der Waals surface area contributed by atoms with Crippen LogP contribution in [0.4, 0.5) is 11.4 Å². The first-order chi connectivity index (χ1) is 14.0. The van der Waals surface area contributed by atoms with Crippen LogP contribution in [0.3, 0.4) is 0 Å². The second-order valence-electron chi connectivity index (χ2n) is 7.08. The van der Waals surface area contributed by atoms with Crippen molar-refractivity contribution in [3.8, 4) is 5.75 Å². The summed E-state index contributed by atoms with van der Waals surface area (Å²) in [5.41, 5.74) is 2.46. The van der Waals surface area contributed by atoms with Crippen LogP contribution in [0.25, 0.3) is 0 Å². The van der Waals surface area contributed by atoms with E-state index in [2.05, 4.69) is 15.5 Å². The zero-order chi connectivity index (χ0) is 20.6. The van der Waals surface area contributed by atoms with Gasteiger partial charge in [-0.25, -0.2) is 0 Å². The molecule has 154 valence electrons. The normalized spacial score (nSPS) is 15.4. The van der Waals surface area contributed by atoms with Crippen molar-refractivity contribution >= 4 is 23.2 Å². The highest BCUT2D eigenvalue weighted by Crippen LogP contribution is 2.16. The van der Waals surface area contributed by atoms with Crippen LogP contribution in [-0.4, -0.2) is 55.7 Å². The van der Waals surface area contributed by atoms with E-state index in [0.29, 0.717) is 36.9 Å². The average Bonchev–Trinajstić information content (AvgIpc) is 2.72. The number of ether oxygens (including phenoxy) is 2. The van der Waals surface area contributed by atoms with Crippen LogP contribution >= 0.6 is 0 Å². The predicted octanol–water partition coefficient (Wildman–Crippen LogP) is 2.67. The molecule has 0 radical (unpaired) electrons. The van der Waals surface area contributed by atoms with Gasteiger partial charge in [-0.3, -0.25) is 14.5 Å². The number of morpholine rings is 1. The van der Waals surface area contributed by atoms with Gasteiger partial charge in [-0.15, -0.1) is 0 Å². The molecule has 2 aromatic rings. The summed E-state index contributed by atoms with van der Waals surface area (Å²) >= 11 is 0. The number of aryl methyl sites for hydroxylation is 1. The predicted molar refractivity (Wildman–Crippen MR) is 112 cm³/mol. The molecular formula is C22H27N3O4. The summed E-state index contributed by atoms with van der Waals surface area (Å²) in [6, 6.07) is 14.6. The van der Waals surface area contributed by atoms with Crippen LogP contribution < -0.4 is 15.4 Å². The molecule has 0 spiro atoms. The zero-order valence-corrected chi connectivity index (χ0v) is 16.8. The van der Waals surface area contributed by atoms with Crippen molar-refractivity contribution in [2.24, 2.45) is 0 Å². The highest BCUT2D eigenvalue weighted by Gasteiger charge is 2.16. The second-order valence-corrected chi connectivity index (χ2v) is 7.08. The highest BCUT2D eigenvalue weighted by molar-refractivity contribution is 5.95. The number of nitrogens with one attached hydrogen (secondary N) is 2. The van der Waals surface area contributed by atoms with Crippen LogP contribution in [0.2, 0.25) is 0 Å². The van der Waals surface area contributed by atoms with E-state index in [1.165, 1.54) is 0 Å². The molecule has 1 aliphatic heterocycles. The number of hydrogen-bond acceptors (Lipinski definition) is 5. The largest absolute Gasteiger partial charge is 0.481 e. The Morgan fingerprint density at radius 3 is 2.21 bits per heavy atom. The Hall–Kier alpha value is -2.90. The molecule has 7 heteroatoms. The van der Waals surface area contributed by atoms with E-state index in [9.17, 15) is 9.59 Å². The van der Waals surface area contributed by atoms with Gasteiger partial charge in [-0.2, -0.15) is 0 Å². The van der Waals surface area contributed by atoms with Crippen LogP contribution in [0.5, 0.6) is 5.75 Å². The van der Waals surface area contributed by atoms with Crippen molar-refractivity contribution in [1.82, 2.24) is 4.90 Å². The molecule has 2 aromatic carbocycles. The molecule has 0 aliphatic carbocycles. The number of rotatable bonds is 7. The van der Waals surface area contributed by atoms with Crippen LogP contribution in [0.1, 0.15) is 12.5 Å². The molecular weight excluding hydrogens is 370 g/mol. The third-order valence-corrected chi connectivity index (χ3v) is 4.61. The second kappa shape index (κ2) is 10.0. The SMILES string of the molecule is Cc1ccc(OC(C)C(=O)Nc2ccc(NC(=O)CN3CCOCC3)cc2)cc1. The Morgan fingerprint density at radius 1 is 1.00 bits per heavy atom. The summed E-state index contributed by atoms with van der Waals surface area (Å²) in [7, 11) is 0. The lowest BCUT2D eigenvalue weighted by molar-refractivity contribution is -0.122. The van der Waals surface area contributed by atoms with E-state index >= 15 is 0 Å². The Balaban J connectivity index is 1.47. The Kier molecular flexibility index (Phi) is 7.21. The lowest BCUT2D eigenvalue weighted by atomic mass is 10.2. The number of nitrogens with zero attached hydrogens (tertiary/aromatic N) is 1. The Labute approximate surface area is 171 Å². The first-order valence-corrected chi connectivity index (χ1v) is 9.74. The van der Waals surface area contributed by atoms with Gasteiger partial charge in [-0.1, -0.05) is 17.7 Å². The Morgan fingerprint density at radius 2 is 1.59 bits per heavy atom. The van der Waals surface area contributed by atoms with E-state index in [0.717, 1.165) is 18.7 Å². The van der Waals surface area contributed by atoms with Gasteiger partial charge in [0, 0.05) is 24.5 Å². The van der Waals surface area contributed by atoms with Gasteiger partial charge >= 0.3 is 0 Å². The smallest absolute Gasteiger partial charge is 0.265 e. The number of amides is 2. The molecule has 1 heterocycles. The summed E-state index contributed by atoms with van der Waals surface area (Å²) in [5.74, 6) is 0.343. The molecule has 2 amide bonds. The molecule has 1 fully saturated rings. The molecule has 29 heavy (non-hydrogen) atoms. The maximum absolute atomic E-state index is 12.3. The molecule has 7 nitrogen and oxygen atoms in total. The quantitative estimate of drug-likeness (QED) is 0.751. The summed E-state index contributed by atoms with van der Waals surface area (Å²) in [6.07, 6.45) is -0.634. The van der Waals surface area contributed by atoms with E-state index in [1.54, 1.807) is 31.2 Å². The van der Waals surface area contributed by atoms with Gasteiger partial charge in [0.05, 0.1) is 19.8 Å². The van der Waals surface area contributed by atoms with E-state index < -0.39 is 6.10 Å². The van der Waals surface area contributed by atoms with E-state index in [4.69, 9.17) is 9.47 Å². The average molecular weight is 397 g/mol. The minimum Gasteiger partial charge on any atom is -0.481 e. The summed E-state index contributed by atoms with van der Waals surface area (Å²) in [6.45, 7) is 6.89. The molecule has 1 atom stereocenters. The monoisotopic (exact) mass is 397 g/mol. The molecule has 0 bridgehead atoms. The van der Waals surface area contributed by atoms with Crippen molar-refractivity contribution in [1.29, 1.82) is 0 Å². The lowest BCUT2D eigenvalue weighted by Crippen LogP contribution is -2.41. The third kappa shape index (κ3) is 6.58. The van der Waals surface area contributed by atoms with Gasteiger partial charge in [0.2, 0.25) is 5.91 Å². The first-order valence-electron chi connectivity index (χ1n) is 9.74. The molecule has 1 aliphatic rings. The van der Waals surface area contributed by atoms with Gasteiger partial charge < -0.3 is 20.1 Å². The Bertz CT molecular complexity index is 815. The van der Waals surface area contributed by atoms with Crippen molar-refractivity contribution in [2.45, 2.75) is 20.0 Å². The van der Waals surface area contributed by atoms with Gasteiger partial charge in [0.1, 0.15) is 5.75 Å². The molecule has 1 unspecified atom stereocenters. The molecule has 2 N–H and O–H groups in total. The van der Waals surface area contributed by atoms with Crippen LogP contribution in [0.15, 0.2) is 48.5 Å². The fourth-order valence-corrected chi connectivity index (χ4v) is 2.92. The number of carbonyl (C=O) groups excluding carboxylic acids is 2. The summed E-state index contributed by atoms with van der Waals surface area (Å²) in [5, 5.41) is 5.69. The third-order valence-electron chi connectivity index (χ3n) is 4.61. The molecule has 3 rings (SSSR count). The molecule has 0 aromatic heterocycles. The van der Waals surface area contributed by atoms with E-state index in [-0.39, 0.29) is 11.8 Å². The standard InChI is InChI=1S/C22H27N3O4/c1-16-3-9-20(10-4-16)29-17(2)22(27)24-19-7-5-18(6-8-19)23-21(26)15-25-11-13-28-14-12-25/h3-10,17H,11-15H2,1-2H3,(H,23,26)(H,24,27). The van der Waals surface area contributed by atoms with Crippen LogP contribution in [-0.2, 0) is 14.3 Å². The minimum absolute atomic E-state index is 0.0659. The minimum atomic E-state index is -0.634. The summed E-state index contributed by atoms with van der Waals surface area (Å²) in [4.78, 5) is 26.6. The fourth-order valence-electron chi connectivity index (χ4n) is 2.92. The van der Waals surface area contributed by atoms with Crippen molar-refractivity contribution in [3.05, 3.63) is 54.1 Å². The topological polar surface area (TPSA) is 79.9 Å². The molecule has 1 saturated heterocycles. The lowest BCUT2D eigenvalue weighted by Gasteiger charge is -2.25. The maximum atomic E-state index is 12.3. The van der Waals surface area contributed by atoms with Crippen molar-refractivity contribution in [3.63, 3.8) is 0 Å².